The van der Waals surface area contributed by atoms with E-state index in [-0.39, 0.29) is 6.03 Å². The highest BCUT2D eigenvalue weighted by Crippen LogP contribution is 2.33. The molecule has 5 heteroatoms. The number of piperidine rings is 1. The molecule has 2 aliphatic rings. The van der Waals surface area contributed by atoms with E-state index in [0.717, 1.165) is 42.4 Å². The third kappa shape index (κ3) is 3.66. The number of carbonyl (C=O) groups excluding carboxylic acids is 1. The fraction of sp³-hybridized carbons (Fsp3) is 0.632. The maximum absolute atomic E-state index is 12.7. The number of likely N-dealkylation sites (tertiary alicyclic amines) is 2. The molecule has 0 aliphatic carbocycles. The maximum atomic E-state index is 12.7. The number of benzene rings is 1. The maximum Gasteiger partial charge on any atom is 0.321 e. The second-order valence-corrected chi connectivity index (χ2v) is 7.22. The van der Waals surface area contributed by atoms with Crippen molar-refractivity contribution in [2.75, 3.05) is 45.7 Å². The molecule has 1 unspecified atom stereocenters. The summed E-state index contributed by atoms with van der Waals surface area (Å²) in [5.41, 5.74) is 1.81. The van der Waals surface area contributed by atoms with Crippen molar-refractivity contribution >= 4 is 11.7 Å². The number of urea groups is 1. The molecule has 2 fully saturated rings. The topological polar surface area (TPSA) is 44.8 Å². The largest absolute Gasteiger partial charge is 0.495 e. The van der Waals surface area contributed by atoms with Crippen molar-refractivity contribution in [1.29, 1.82) is 0 Å². The first-order valence-electron chi connectivity index (χ1n) is 8.96. The van der Waals surface area contributed by atoms with Crippen LogP contribution in [0.1, 0.15) is 24.8 Å². The van der Waals surface area contributed by atoms with Gasteiger partial charge < -0.3 is 19.9 Å². The summed E-state index contributed by atoms with van der Waals surface area (Å²) in [6.45, 7) is 6.11. The summed E-state index contributed by atoms with van der Waals surface area (Å²) >= 11 is 0. The number of nitrogens with zero attached hydrogens (tertiary/aromatic N) is 2. The van der Waals surface area contributed by atoms with Gasteiger partial charge in [0.05, 0.1) is 12.8 Å². The molecular formula is C19H29N3O2. The number of anilines is 1. The van der Waals surface area contributed by atoms with Crippen molar-refractivity contribution in [2.45, 2.75) is 26.2 Å². The molecule has 2 aliphatic heterocycles. The Balaban J connectivity index is 1.59. The van der Waals surface area contributed by atoms with Gasteiger partial charge in [-0.2, -0.15) is 0 Å². The molecule has 0 bridgehead atoms. The first-order valence-corrected chi connectivity index (χ1v) is 8.96. The molecule has 1 atom stereocenters. The fourth-order valence-electron chi connectivity index (χ4n) is 4.01. The number of hydrogen-bond acceptors (Lipinski definition) is 3. The fourth-order valence-corrected chi connectivity index (χ4v) is 4.01. The number of para-hydroxylation sites is 1. The molecule has 2 heterocycles. The van der Waals surface area contributed by atoms with Crippen LogP contribution in [0.25, 0.3) is 0 Å². The van der Waals surface area contributed by atoms with Crippen molar-refractivity contribution in [3.05, 3.63) is 23.8 Å². The number of rotatable bonds is 3. The standard InChI is InChI=1S/C19H29N3O2/c1-14-5-4-6-17(24-3)18(14)20-19(23)22-12-9-16(13-22)15-7-10-21(2)11-8-15/h4-6,15-16H,7-13H2,1-3H3,(H,20,23). The predicted molar refractivity (Wildman–Crippen MR) is 96.7 cm³/mol. The number of aryl methyl sites for hydroxylation is 1. The van der Waals surface area contributed by atoms with Gasteiger partial charge in [-0.15, -0.1) is 0 Å². The lowest BCUT2D eigenvalue weighted by molar-refractivity contribution is 0.170. The Kier molecular flexibility index (Phi) is 5.29. The van der Waals surface area contributed by atoms with E-state index >= 15 is 0 Å². The Labute approximate surface area is 145 Å². The van der Waals surface area contributed by atoms with Crippen molar-refractivity contribution in [1.82, 2.24) is 9.80 Å². The van der Waals surface area contributed by atoms with Gasteiger partial charge in [-0.1, -0.05) is 12.1 Å². The number of methoxy groups -OCH3 is 1. The van der Waals surface area contributed by atoms with E-state index < -0.39 is 0 Å². The normalized spacial score (nSPS) is 22.6. The summed E-state index contributed by atoms with van der Waals surface area (Å²) in [5, 5.41) is 3.06. The summed E-state index contributed by atoms with van der Waals surface area (Å²) in [4.78, 5) is 17.0. The minimum absolute atomic E-state index is 0.00183. The lowest BCUT2D eigenvalue weighted by Crippen LogP contribution is -2.36. The summed E-state index contributed by atoms with van der Waals surface area (Å²) in [6.07, 6.45) is 3.66. The van der Waals surface area contributed by atoms with Crippen molar-refractivity contribution in [3.8, 4) is 5.75 Å². The van der Waals surface area contributed by atoms with Crippen LogP contribution >= 0.6 is 0 Å². The molecule has 1 aromatic carbocycles. The molecule has 0 saturated carbocycles. The average molecular weight is 331 g/mol. The third-order valence-electron chi connectivity index (χ3n) is 5.63. The van der Waals surface area contributed by atoms with Gasteiger partial charge in [0.2, 0.25) is 0 Å². The molecule has 0 aromatic heterocycles. The van der Waals surface area contributed by atoms with E-state index in [0.29, 0.717) is 5.92 Å². The molecule has 3 rings (SSSR count). The summed E-state index contributed by atoms with van der Waals surface area (Å²) in [7, 11) is 3.83. The Bertz CT molecular complexity index is 582. The SMILES string of the molecule is COc1cccc(C)c1NC(=O)N1CCC(C2CCN(C)CC2)C1. The van der Waals surface area contributed by atoms with Gasteiger partial charge in [0.25, 0.3) is 0 Å². The highest BCUT2D eigenvalue weighted by molar-refractivity contribution is 5.92. The smallest absolute Gasteiger partial charge is 0.321 e. The minimum Gasteiger partial charge on any atom is -0.495 e. The molecule has 132 valence electrons. The first-order chi connectivity index (χ1) is 11.6. The van der Waals surface area contributed by atoms with Crippen LogP contribution in [0.5, 0.6) is 5.75 Å². The molecule has 2 amide bonds. The zero-order chi connectivity index (χ0) is 17.1. The lowest BCUT2D eigenvalue weighted by Gasteiger charge is -2.32. The van der Waals surface area contributed by atoms with Crippen LogP contribution in [0.4, 0.5) is 10.5 Å². The molecule has 5 nitrogen and oxygen atoms in total. The molecule has 2 saturated heterocycles. The zero-order valence-electron chi connectivity index (χ0n) is 15.0. The van der Waals surface area contributed by atoms with Crippen LogP contribution in [0.2, 0.25) is 0 Å². The van der Waals surface area contributed by atoms with Crippen molar-refractivity contribution in [3.63, 3.8) is 0 Å². The zero-order valence-corrected chi connectivity index (χ0v) is 15.0. The van der Waals surface area contributed by atoms with E-state index in [4.69, 9.17) is 4.74 Å². The van der Waals surface area contributed by atoms with Gasteiger partial charge in [0.1, 0.15) is 5.75 Å². The van der Waals surface area contributed by atoms with E-state index in [9.17, 15) is 4.79 Å². The van der Waals surface area contributed by atoms with Crippen LogP contribution in [0, 0.1) is 18.8 Å². The average Bonchev–Trinajstić information content (AvgIpc) is 3.07. The van der Waals surface area contributed by atoms with Crippen LogP contribution in [0.15, 0.2) is 18.2 Å². The Morgan fingerprint density at radius 1 is 1.17 bits per heavy atom. The highest BCUT2D eigenvalue weighted by Gasteiger charge is 2.33. The van der Waals surface area contributed by atoms with E-state index in [1.54, 1.807) is 7.11 Å². The molecule has 1 aromatic rings. The molecule has 0 spiro atoms. The first kappa shape index (κ1) is 17.1. The molecule has 0 radical (unpaired) electrons. The Hall–Kier alpha value is -1.75. The number of carbonyl (C=O) groups is 1. The van der Waals surface area contributed by atoms with Crippen LogP contribution in [-0.4, -0.2) is 56.2 Å². The van der Waals surface area contributed by atoms with E-state index in [2.05, 4.69) is 17.3 Å². The predicted octanol–water partition coefficient (Wildman–Crippen LogP) is 3.20. The van der Waals surface area contributed by atoms with Crippen molar-refractivity contribution < 1.29 is 9.53 Å². The lowest BCUT2D eigenvalue weighted by atomic mass is 9.84. The van der Waals surface area contributed by atoms with Crippen molar-refractivity contribution in [2.24, 2.45) is 11.8 Å². The van der Waals surface area contributed by atoms with Gasteiger partial charge in [-0.25, -0.2) is 4.79 Å². The third-order valence-corrected chi connectivity index (χ3v) is 5.63. The van der Waals surface area contributed by atoms with Gasteiger partial charge in [0, 0.05) is 13.1 Å². The molecule has 1 N–H and O–H groups in total. The van der Waals surface area contributed by atoms with Gasteiger partial charge in [-0.3, -0.25) is 0 Å². The molecular weight excluding hydrogens is 302 g/mol. The van der Waals surface area contributed by atoms with E-state index in [1.165, 1.54) is 25.9 Å². The number of hydrogen-bond donors (Lipinski definition) is 1. The second-order valence-electron chi connectivity index (χ2n) is 7.22. The number of amides is 2. The van der Waals surface area contributed by atoms with Crippen LogP contribution in [-0.2, 0) is 0 Å². The Morgan fingerprint density at radius 2 is 1.88 bits per heavy atom. The van der Waals surface area contributed by atoms with Gasteiger partial charge in [-0.05, 0) is 69.8 Å². The minimum atomic E-state index is -0.00183. The monoisotopic (exact) mass is 331 g/mol. The summed E-state index contributed by atoms with van der Waals surface area (Å²) in [6, 6.07) is 5.81. The summed E-state index contributed by atoms with van der Waals surface area (Å²) in [5.74, 6) is 2.14. The van der Waals surface area contributed by atoms with E-state index in [1.807, 2.05) is 30.0 Å². The Morgan fingerprint density at radius 3 is 2.58 bits per heavy atom. The molecule has 24 heavy (non-hydrogen) atoms. The highest BCUT2D eigenvalue weighted by atomic mass is 16.5. The quantitative estimate of drug-likeness (QED) is 0.925. The second kappa shape index (κ2) is 7.43. The van der Waals surface area contributed by atoms with Gasteiger partial charge >= 0.3 is 6.03 Å². The number of ether oxygens (including phenoxy) is 1. The van der Waals surface area contributed by atoms with Gasteiger partial charge in [0.15, 0.2) is 0 Å². The summed E-state index contributed by atoms with van der Waals surface area (Å²) < 4.78 is 5.38. The number of nitrogens with one attached hydrogen (secondary N) is 1. The van der Waals surface area contributed by atoms with Crippen LogP contribution in [0.3, 0.4) is 0 Å². The van der Waals surface area contributed by atoms with Crippen LogP contribution < -0.4 is 10.1 Å².